The maximum absolute atomic E-state index is 14.0. The third kappa shape index (κ3) is 11.7. The van der Waals surface area contributed by atoms with E-state index in [1.165, 1.54) is 4.90 Å². The topological polar surface area (TPSA) is 131 Å². The molecule has 0 aliphatic carbocycles. The lowest BCUT2D eigenvalue weighted by Gasteiger charge is -2.35. The third-order valence-electron chi connectivity index (χ3n) is 5.83. The number of amides is 4. The lowest BCUT2D eigenvalue weighted by molar-refractivity contribution is -0.142. The molecule has 0 saturated carbocycles. The van der Waals surface area contributed by atoms with Crippen LogP contribution in [0.5, 0.6) is 0 Å². The zero-order chi connectivity index (χ0) is 28.0. The highest BCUT2D eigenvalue weighted by Gasteiger charge is 2.36. The monoisotopic (exact) mass is 518 g/mol. The Hall–Kier alpha value is -3.10. The normalized spacial score (nSPS) is 12.8. The number of nitrogens with zero attached hydrogens (tertiary/aromatic N) is 1. The van der Waals surface area contributed by atoms with Crippen molar-refractivity contribution in [1.82, 2.24) is 15.5 Å². The number of hydrogen-bond acceptors (Lipinski definition) is 5. The number of nitrogens with one attached hydrogen (secondary N) is 2. The summed E-state index contributed by atoms with van der Waals surface area (Å²) in [6.45, 7) is 12.0. The van der Waals surface area contributed by atoms with E-state index in [4.69, 9.17) is 10.5 Å². The average Bonchev–Trinajstić information content (AvgIpc) is 2.80. The lowest BCUT2D eigenvalue weighted by Crippen LogP contribution is -2.53. The van der Waals surface area contributed by atoms with Crippen LogP contribution in [-0.2, 0) is 19.1 Å². The van der Waals surface area contributed by atoms with Gasteiger partial charge in [-0.05, 0) is 58.1 Å². The second kappa shape index (κ2) is 15.9. The fourth-order valence-electron chi connectivity index (χ4n) is 3.92. The van der Waals surface area contributed by atoms with E-state index in [1.807, 2.05) is 38.1 Å². The van der Waals surface area contributed by atoms with Crippen LogP contribution >= 0.6 is 0 Å². The molecule has 0 heterocycles. The van der Waals surface area contributed by atoms with Gasteiger partial charge in [-0.3, -0.25) is 14.4 Å². The first-order chi connectivity index (χ1) is 17.4. The SMILES string of the molecule is CCCCCN(C(=O)C(CCC(N)=O)NC(=O)OC(C)(C)C)C(C(=O)NCCCC)c1ccccc1C. The number of benzene rings is 1. The van der Waals surface area contributed by atoms with E-state index in [0.717, 1.165) is 31.2 Å². The first-order valence-corrected chi connectivity index (χ1v) is 13.3. The summed E-state index contributed by atoms with van der Waals surface area (Å²) >= 11 is 0. The Labute approximate surface area is 221 Å². The zero-order valence-corrected chi connectivity index (χ0v) is 23.4. The number of rotatable bonds is 15. The van der Waals surface area contributed by atoms with Gasteiger partial charge in [0, 0.05) is 19.5 Å². The highest BCUT2D eigenvalue weighted by Crippen LogP contribution is 2.27. The van der Waals surface area contributed by atoms with Gasteiger partial charge in [-0.1, -0.05) is 57.4 Å². The first-order valence-electron chi connectivity index (χ1n) is 13.3. The van der Waals surface area contributed by atoms with Crippen LogP contribution in [0.1, 0.15) is 96.7 Å². The van der Waals surface area contributed by atoms with E-state index in [0.29, 0.717) is 25.1 Å². The number of unbranched alkanes of at least 4 members (excludes halogenated alkanes) is 3. The number of hydrogen-bond donors (Lipinski definition) is 3. The van der Waals surface area contributed by atoms with E-state index in [1.54, 1.807) is 20.8 Å². The molecule has 1 aromatic rings. The van der Waals surface area contributed by atoms with Gasteiger partial charge >= 0.3 is 6.09 Å². The molecule has 9 nitrogen and oxygen atoms in total. The Kier molecular flexibility index (Phi) is 13.7. The van der Waals surface area contributed by atoms with Crippen molar-refractivity contribution in [2.24, 2.45) is 5.73 Å². The summed E-state index contributed by atoms with van der Waals surface area (Å²) in [6.07, 6.45) is 3.34. The standard InChI is InChI=1S/C28H46N4O5/c1-7-9-13-19-32(24(25(34)30-18-10-8-2)21-15-12-11-14-20(21)3)26(35)22(16-17-23(29)33)31-27(36)37-28(4,5)6/h11-12,14-15,22,24H,7-10,13,16-19H2,1-6H3,(H2,29,33)(H,30,34)(H,31,36). The number of ether oxygens (including phenoxy) is 1. The van der Waals surface area contributed by atoms with Gasteiger partial charge in [-0.2, -0.15) is 0 Å². The molecule has 0 spiro atoms. The molecule has 1 rings (SSSR count). The van der Waals surface area contributed by atoms with Gasteiger partial charge in [-0.15, -0.1) is 0 Å². The zero-order valence-electron chi connectivity index (χ0n) is 23.4. The van der Waals surface area contributed by atoms with Gasteiger partial charge in [0.1, 0.15) is 17.7 Å². The van der Waals surface area contributed by atoms with Crippen LogP contribution in [0.2, 0.25) is 0 Å². The van der Waals surface area contributed by atoms with E-state index >= 15 is 0 Å². The molecule has 2 unspecified atom stereocenters. The molecule has 1 aromatic carbocycles. The largest absolute Gasteiger partial charge is 0.444 e. The molecule has 208 valence electrons. The van der Waals surface area contributed by atoms with E-state index in [9.17, 15) is 19.2 Å². The van der Waals surface area contributed by atoms with Crippen LogP contribution in [0, 0.1) is 6.92 Å². The lowest BCUT2D eigenvalue weighted by atomic mass is 9.97. The van der Waals surface area contributed by atoms with Crippen LogP contribution < -0.4 is 16.4 Å². The Balaban J connectivity index is 3.47. The Morgan fingerprint density at radius 2 is 1.68 bits per heavy atom. The summed E-state index contributed by atoms with van der Waals surface area (Å²) in [5.41, 5.74) is 6.18. The van der Waals surface area contributed by atoms with E-state index in [-0.39, 0.29) is 18.7 Å². The molecule has 0 fully saturated rings. The maximum atomic E-state index is 14.0. The number of primary amides is 1. The van der Waals surface area contributed by atoms with Gasteiger partial charge in [0.05, 0.1) is 0 Å². The van der Waals surface area contributed by atoms with Gasteiger partial charge in [0.15, 0.2) is 0 Å². The maximum Gasteiger partial charge on any atom is 0.408 e. The van der Waals surface area contributed by atoms with Crippen molar-refractivity contribution in [1.29, 1.82) is 0 Å². The molecular formula is C28H46N4O5. The molecule has 0 radical (unpaired) electrons. The van der Waals surface area contributed by atoms with Gasteiger partial charge in [-0.25, -0.2) is 4.79 Å². The third-order valence-corrected chi connectivity index (χ3v) is 5.83. The summed E-state index contributed by atoms with van der Waals surface area (Å²) < 4.78 is 5.36. The number of alkyl carbamates (subject to hydrolysis) is 1. The summed E-state index contributed by atoms with van der Waals surface area (Å²) in [6, 6.07) is 5.50. The fourth-order valence-corrected chi connectivity index (χ4v) is 3.92. The van der Waals surface area contributed by atoms with Crippen molar-refractivity contribution in [3.8, 4) is 0 Å². The fraction of sp³-hybridized carbons (Fsp3) is 0.643. The summed E-state index contributed by atoms with van der Waals surface area (Å²) in [5, 5.41) is 5.60. The second-order valence-electron chi connectivity index (χ2n) is 10.3. The van der Waals surface area contributed by atoms with Crippen LogP contribution in [0.15, 0.2) is 24.3 Å². The van der Waals surface area contributed by atoms with Gasteiger partial charge in [0.2, 0.25) is 17.7 Å². The molecule has 0 aromatic heterocycles. The van der Waals surface area contributed by atoms with Crippen molar-refractivity contribution < 1.29 is 23.9 Å². The predicted molar refractivity (Wildman–Crippen MR) is 145 cm³/mol. The van der Waals surface area contributed by atoms with Crippen molar-refractivity contribution in [2.75, 3.05) is 13.1 Å². The number of carbonyl (C=O) groups excluding carboxylic acids is 4. The minimum Gasteiger partial charge on any atom is -0.444 e. The number of nitrogens with two attached hydrogens (primary N) is 1. The van der Waals surface area contributed by atoms with Crippen LogP contribution in [0.4, 0.5) is 4.79 Å². The Bertz CT molecular complexity index is 897. The van der Waals surface area contributed by atoms with Crippen molar-refractivity contribution in [3.05, 3.63) is 35.4 Å². The van der Waals surface area contributed by atoms with Gasteiger partial charge < -0.3 is 26.0 Å². The molecule has 0 saturated heterocycles. The van der Waals surface area contributed by atoms with Gasteiger partial charge in [0.25, 0.3) is 0 Å². The predicted octanol–water partition coefficient (Wildman–Crippen LogP) is 4.13. The molecular weight excluding hydrogens is 472 g/mol. The molecule has 9 heteroatoms. The summed E-state index contributed by atoms with van der Waals surface area (Å²) in [5.74, 6) is -1.32. The molecule has 2 atom stereocenters. The molecule has 4 amide bonds. The van der Waals surface area contributed by atoms with Crippen molar-refractivity contribution >= 4 is 23.8 Å². The van der Waals surface area contributed by atoms with Crippen molar-refractivity contribution in [2.45, 2.75) is 104 Å². The van der Waals surface area contributed by atoms with Crippen LogP contribution in [0.3, 0.4) is 0 Å². The first kappa shape index (κ1) is 31.9. The van der Waals surface area contributed by atoms with E-state index in [2.05, 4.69) is 17.6 Å². The molecule has 0 aliphatic rings. The highest BCUT2D eigenvalue weighted by atomic mass is 16.6. The Morgan fingerprint density at radius 1 is 1.03 bits per heavy atom. The quantitative estimate of drug-likeness (QED) is 0.301. The van der Waals surface area contributed by atoms with E-state index < -0.39 is 35.6 Å². The second-order valence-corrected chi connectivity index (χ2v) is 10.3. The molecule has 0 bridgehead atoms. The Morgan fingerprint density at radius 3 is 2.24 bits per heavy atom. The average molecular weight is 519 g/mol. The summed E-state index contributed by atoms with van der Waals surface area (Å²) in [4.78, 5) is 53.3. The molecule has 4 N–H and O–H groups in total. The van der Waals surface area contributed by atoms with Crippen LogP contribution in [0.25, 0.3) is 0 Å². The number of aryl methyl sites for hydroxylation is 1. The van der Waals surface area contributed by atoms with Crippen LogP contribution in [-0.4, -0.2) is 53.4 Å². The molecule has 37 heavy (non-hydrogen) atoms. The van der Waals surface area contributed by atoms with Crippen molar-refractivity contribution in [3.63, 3.8) is 0 Å². The summed E-state index contributed by atoms with van der Waals surface area (Å²) in [7, 11) is 0. The minimum absolute atomic E-state index is 0.00433. The highest BCUT2D eigenvalue weighted by molar-refractivity contribution is 5.92. The smallest absolute Gasteiger partial charge is 0.408 e. The molecule has 0 aliphatic heterocycles. The number of carbonyl (C=O) groups is 4. The minimum atomic E-state index is -1.08.